The first-order chi connectivity index (χ1) is 8.70. The number of alkyl halides is 3. The number of halogens is 4. The molecule has 0 spiro atoms. The summed E-state index contributed by atoms with van der Waals surface area (Å²) in [6, 6.07) is 2.74. The highest BCUT2D eigenvalue weighted by atomic mass is 19.4. The first-order valence-corrected chi connectivity index (χ1v) is 5.03. The highest BCUT2D eigenvalue weighted by Crippen LogP contribution is 2.21. The van der Waals surface area contributed by atoms with E-state index >= 15 is 0 Å². The first kappa shape index (κ1) is 14.9. The third-order valence-corrected chi connectivity index (χ3v) is 2.18. The third-order valence-electron chi connectivity index (χ3n) is 2.18. The Morgan fingerprint density at radius 2 is 1.95 bits per heavy atom. The van der Waals surface area contributed by atoms with Crippen molar-refractivity contribution in [2.24, 2.45) is 0 Å². The lowest BCUT2D eigenvalue weighted by molar-refractivity contribution is -0.306. The van der Waals surface area contributed by atoms with E-state index in [0.717, 1.165) is 12.1 Å². The van der Waals surface area contributed by atoms with E-state index in [0.29, 0.717) is 0 Å². The van der Waals surface area contributed by atoms with Gasteiger partial charge in [-0.1, -0.05) is 12.1 Å². The highest BCUT2D eigenvalue weighted by Gasteiger charge is 2.39. The number of nitrogens with one attached hydrogen (secondary N) is 1. The minimum atomic E-state index is -5.16. The van der Waals surface area contributed by atoms with Crippen LogP contribution in [0.1, 0.15) is 18.0 Å². The van der Waals surface area contributed by atoms with Crippen molar-refractivity contribution in [1.82, 2.24) is 5.32 Å². The molecule has 0 bridgehead atoms. The molecule has 0 heterocycles. The summed E-state index contributed by atoms with van der Waals surface area (Å²) in [6.45, 7) is 0. The van der Waals surface area contributed by atoms with Crippen LogP contribution in [0.4, 0.5) is 17.6 Å². The molecule has 0 aliphatic heterocycles. The monoisotopic (exact) mass is 278 g/mol. The lowest BCUT2D eigenvalue weighted by Gasteiger charge is -2.20. The second-order valence-corrected chi connectivity index (χ2v) is 3.65. The summed E-state index contributed by atoms with van der Waals surface area (Å²) >= 11 is 0. The van der Waals surface area contributed by atoms with E-state index < -0.39 is 36.3 Å². The standard InChI is InChI=1S/C11H9F4NO3/c12-7-3-1-2-6(4-7)8(5-9(17)18)16-10(19)11(13,14)15/h1-4,8H,5H2,(H,16,19)(H,17,18)/p-1/t8-/m1/s1. The van der Waals surface area contributed by atoms with Crippen LogP contribution in [-0.2, 0) is 9.59 Å². The number of rotatable bonds is 4. The van der Waals surface area contributed by atoms with Crippen molar-refractivity contribution in [3.05, 3.63) is 35.6 Å². The molecule has 1 atom stereocenters. The molecule has 1 aromatic rings. The van der Waals surface area contributed by atoms with Gasteiger partial charge >= 0.3 is 12.1 Å². The number of carboxylic acids is 1. The van der Waals surface area contributed by atoms with Crippen molar-refractivity contribution in [3.63, 3.8) is 0 Å². The van der Waals surface area contributed by atoms with Gasteiger partial charge in [-0.2, -0.15) is 13.2 Å². The van der Waals surface area contributed by atoms with Crippen LogP contribution in [-0.4, -0.2) is 18.1 Å². The zero-order valence-electron chi connectivity index (χ0n) is 9.33. The first-order valence-electron chi connectivity index (χ1n) is 5.03. The molecular formula is C11H8F4NO3-. The molecule has 1 rings (SSSR count). The lowest BCUT2D eigenvalue weighted by atomic mass is 10.0. The molecule has 1 N–H and O–H groups in total. The molecule has 1 aromatic carbocycles. The van der Waals surface area contributed by atoms with Gasteiger partial charge in [0.05, 0.1) is 6.04 Å². The number of aliphatic carboxylic acids is 1. The van der Waals surface area contributed by atoms with Gasteiger partial charge < -0.3 is 15.2 Å². The number of carbonyl (C=O) groups excluding carboxylic acids is 2. The van der Waals surface area contributed by atoms with Gasteiger partial charge in [-0.25, -0.2) is 4.39 Å². The fourth-order valence-corrected chi connectivity index (χ4v) is 1.38. The normalized spacial score (nSPS) is 12.8. The molecule has 8 heteroatoms. The van der Waals surface area contributed by atoms with Crippen LogP contribution in [0.15, 0.2) is 24.3 Å². The fraction of sp³-hybridized carbons (Fsp3) is 0.273. The van der Waals surface area contributed by atoms with Gasteiger partial charge in [-0.3, -0.25) is 4.79 Å². The predicted molar refractivity (Wildman–Crippen MR) is 53.0 cm³/mol. The second kappa shape index (κ2) is 5.68. The summed E-state index contributed by atoms with van der Waals surface area (Å²) < 4.78 is 49.2. The maximum Gasteiger partial charge on any atom is 0.471 e. The highest BCUT2D eigenvalue weighted by molar-refractivity contribution is 5.82. The molecule has 0 radical (unpaired) electrons. The number of benzene rings is 1. The number of carbonyl (C=O) groups is 2. The summed E-state index contributed by atoms with van der Waals surface area (Å²) in [5.41, 5.74) is -0.0956. The van der Waals surface area contributed by atoms with E-state index in [1.165, 1.54) is 17.4 Å². The molecule has 0 aliphatic carbocycles. The Hall–Kier alpha value is -2.12. The summed E-state index contributed by atoms with van der Waals surface area (Å²) in [4.78, 5) is 21.2. The van der Waals surface area contributed by atoms with E-state index in [1.54, 1.807) is 0 Å². The smallest absolute Gasteiger partial charge is 0.471 e. The van der Waals surface area contributed by atoms with Crippen LogP contribution in [0, 0.1) is 5.82 Å². The Labute approximate surface area is 105 Å². The van der Waals surface area contributed by atoms with Crippen molar-refractivity contribution in [2.45, 2.75) is 18.6 Å². The number of hydrogen-bond donors (Lipinski definition) is 1. The molecule has 0 aromatic heterocycles. The molecule has 4 nitrogen and oxygen atoms in total. The molecular weight excluding hydrogens is 270 g/mol. The van der Waals surface area contributed by atoms with E-state index in [1.807, 2.05) is 0 Å². The van der Waals surface area contributed by atoms with E-state index in [4.69, 9.17) is 0 Å². The van der Waals surface area contributed by atoms with E-state index in [2.05, 4.69) is 0 Å². The summed E-state index contributed by atoms with van der Waals surface area (Å²) in [5.74, 6) is -4.73. The average Bonchev–Trinajstić information content (AvgIpc) is 2.26. The molecule has 1 amide bonds. The summed E-state index contributed by atoms with van der Waals surface area (Å²) in [7, 11) is 0. The molecule has 0 unspecified atom stereocenters. The van der Waals surface area contributed by atoms with Crippen molar-refractivity contribution in [3.8, 4) is 0 Å². The molecule has 0 saturated carbocycles. The quantitative estimate of drug-likeness (QED) is 0.824. The predicted octanol–water partition coefficient (Wildman–Crippen LogP) is 0.685. The third kappa shape index (κ3) is 4.57. The zero-order chi connectivity index (χ0) is 14.6. The maximum absolute atomic E-state index is 12.9. The Bertz CT molecular complexity index is 487. The van der Waals surface area contributed by atoms with Crippen molar-refractivity contribution < 1.29 is 32.3 Å². The average molecular weight is 278 g/mol. The fourth-order valence-electron chi connectivity index (χ4n) is 1.38. The molecule has 0 saturated heterocycles. The summed E-state index contributed by atoms with van der Waals surface area (Å²) in [6.07, 6.45) is -6.05. The van der Waals surface area contributed by atoms with Crippen LogP contribution in [0.5, 0.6) is 0 Å². The summed E-state index contributed by atoms with van der Waals surface area (Å²) in [5, 5.41) is 11.9. The Balaban J connectivity index is 2.96. The Kier molecular flexibility index (Phi) is 4.47. The Morgan fingerprint density at radius 3 is 2.42 bits per heavy atom. The van der Waals surface area contributed by atoms with Crippen LogP contribution in [0.2, 0.25) is 0 Å². The van der Waals surface area contributed by atoms with E-state index in [9.17, 15) is 32.3 Å². The Morgan fingerprint density at radius 1 is 1.32 bits per heavy atom. The van der Waals surface area contributed by atoms with Crippen LogP contribution in [0.3, 0.4) is 0 Å². The van der Waals surface area contributed by atoms with Crippen LogP contribution < -0.4 is 10.4 Å². The van der Waals surface area contributed by atoms with Gasteiger partial charge in [0.25, 0.3) is 0 Å². The largest absolute Gasteiger partial charge is 0.550 e. The second-order valence-electron chi connectivity index (χ2n) is 3.65. The van der Waals surface area contributed by atoms with Crippen LogP contribution >= 0.6 is 0 Å². The van der Waals surface area contributed by atoms with E-state index in [-0.39, 0.29) is 5.56 Å². The minimum absolute atomic E-state index is 0.0956. The van der Waals surface area contributed by atoms with Gasteiger partial charge in [0.2, 0.25) is 0 Å². The number of carboxylic acid groups (broad SMARTS) is 1. The van der Waals surface area contributed by atoms with Crippen LogP contribution in [0.25, 0.3) is 0 Å². The maximum atomic E-state index is 12.9. The molecule has 19 heavy (non-hydrogen) atoms. The minimum Gasteiger partial charge on any atom is -0.550 e. The van der Waals surface area contributed by atoms with Crippen molar-refractivity contribution >= 4 is 11.9 Å². The topological polar surface area (TPSA) is 69.2 Å². The van der Waals surface area contributed by atoms with Gasteiger partial charge in [0.1, 0.15) is 5.82 Å². The molecule has 104 valence electrons. The lowest BCUT2D eigenvalue weighted by Crippen LogP contribution is -2.41. The number of amides is 1. The molecule has 0 fully saturated rings. The zero-order valence-corrected chi connectivity index (χ0v) is 9.33. The van der Waals surface area contributed by atoms with Crippen molar-refractivity contribution in [1.29, 1.82) is 0 Å². The number of hydrogen-bond acceptors (Lipinski definition) is 3. The SMILES string of the molecule is O=C([O-])C[C@@H](NC(=O)C(F)(F)F)c1cccc(F)c1. The molecule has 0 aliphatic rings. The van der Waals surface area contributed by atoms with Gasteiger partial charge in [0, 0.05) is 12.4 Å². The van der Waals surface area contributed by atoms with Gasteiger partial charge in [-0.15, -0.1) is 0 Å². The van der Waals surface area contributed by atoms with Crippen molar-refractivity contribution in [2.75, 3.05) is 0 Å². The van der Waals surface area contributed by atoms with Gasteiger partial charge in [-0.05, 0) is 17.7 Å². The van der Waals surface area contributed by atoms with Gasteiger partial charge in [0.15, 0.2) is 0 Å².